The fourth-order valence-electron chi connectivity index (χ4n) is 3.91. The fourth-order valence-corrected chi connectivity index (χ4v) is 5.68. The molecule has 3 aromatic rings. The molecule has 0 aliphatic carbocycles. The average molecular weight is 485 g/mol. The van der Waals surface area contributed by atoms with Crippen LogP contribution in [0.2, 0.25) is 0 Å². The smallest absolute Gasteiger partial charge is 0.278 e. The number of nitrogens with zero attached hydrogens (tertiary/aromatic N) is 5. The van der Waals surface area contributed by atoms with Gasteiger partial charge in [0.1, 0.15) is 0 Å². The highest BCUT2D eigenvalue weighted by molar-refractivity contribution is 7.89. The van der Waals surface area contributed by atoms with Gasteiger partial charge >= 0.3 is 0 Å². The summed E-state index contributed by atoms with van der Waals surface area (Å²) < 4.78 is 29.1. The Morgan fingerprint density at radius 2 is 1.82 bits per heavy atom. The highest BCUT2D eigenvalue weighted by atomic mass is 32.2. The van der Waals surface area contributed by atoms with Crippen LogP contribution in [0, 0.1) is 24.0 Å². The molecule has 34 heavy (non-hydrogen) atoms. The molecule has 1 aliphatic heterocycles. The van der Waals surface area contributed by atoms with Gasteiger partial charge in [-0.1, -0.05) is 23.8 Å². The molecule has 2 heterocycles. The van der Waals surface area contributed by atoms with E-state index in [1.54, 1.807) is 32.0 Å². The summed E-state index contributed by atoms with van der Waals surface area (Å²) in [7, 11) is -3.67. The summed E-state index contributed by atoms with van der Waals surface area (Å²) in [6, 6.07) is 10.6. The quantitative estimate of drug-likeness (QED) is 0.418. The van der Waals surface area contributed by atoms with Crippen LogP contribution in [0.15, 0.2) is 47.4 Å². The molecule has 11 nitrogen and oxygen atoms in total. The Morgan fingerprint density at radius 1 is 1.09 bits per heavy atom. The number of benzene rings is 2. The van der Waals surface area contributed by atoms with Crippen LogP contribution in [0.4, 0.5) is 11.4 Å². The van der Waals surface area contributed by atoms with Crippen molar-refractivity contribution in [3.05, 3.63) is 69.5 Å². The highest BCUT2D eigenvalue weighted by Gasteiger charge is 2.28. The third-order valence-corrected chi connectivity index (χ3v) is 7.81. The summed E-state index contributed by atoms with van der Waals surface area (Å²) in [4.78, 5) is 23.6. The second kappa shape index (κ2) is 9.31. The maximum absolute atomic E-state index is 13.1. The van der Waals surface area contributed by atoms with Crippen LogP contribution in [0.5, 0.6) is 0 Å². The van der Waals surface area contributed by atoms with Crippen molar-refractivity contribution in [1.82, 2.24) is 19.3 Å². The van der Waals surface area contributed by atoms with Gasteiger partial charge in [-0.2, -0.15) is 4.31 Å². The fraction of sp³-hybridized carbons (Fsp3) is 0.318. The van der Waals surface area contributed by atoms with Crippen LogP contribution in [0.3, 0.4) is 0 Å². The van der Waals surface area contributed by atoms with Crippen molar-refractivity contribution in [3.8, 4) is 5.69 Å². The second-order valence-corrected chi connectivity index (χ2v) is 10.0. The van der Waals surface area contributed by atoms with Crippen LogP contribution < -0.4 is 5.32 Å². The number of sulfonamides is 1. The molecule has 1 fully saturated rings. The molecule has 1 N–H and O–H groups in total. The summed E-state index contributed by atoms with van der Waals surface area (Å²) in [6.07, 6.45) is 2.67. The predicted molar refractivity (Wildman–Crippen MR) is 124 cm³/mol. The van der Waals surface area contributed by atoms with Crippen LogP contribution >= 0.6 is 0 Å². The lowest BCUT2D eigenvalue weighted by atomic mass is 10.2. The molecule has 2 aromatic carbocycles. The predicted octanol–water partition coefficient (Wildman–Crippen LogP) is 3.22. The van der Waals surface area contributed by atoms with Gasteiger partial charge in [0.25, 0.3) is 11.6 Å². The molecule has 12 heteroatoms. The SMILES string of the molecule is Cc1ccc(NC(=O)c2nnn(-c3cccc([N+](=O)[O-])c3)c2C)cc1S(=O)(=O)N1CCCCC1. The number of piperidine rings is 1. The van der Waals surface area contributed by atoms with Crippen LogP contribution in [-0.2, 0) is 10.0 Å². The van der Waals surface area contributed by atoms with Gasteiger partial charge in [-0.05, 0) is 50.5 Å². The summed E-state index contributed by atoms with van der Waals surface area (Å²) >= 11 is 0. The first-order valence-electron chi connectivity index (χ1n) is 10.8. The topological polar surface area (TPSA) is 140 Å². The van der Waals surface area contributed by atoms with Gasteiger partial charge in [-0.15, -0.1) is 5.10 Å². The Hall–Kier alpha value is -3.64. The van der Waals surface area contributed by atoms with E-state index in [0.717, 1.165) is 19.3 Å². The van der Waals surface area contributed by atoms with Crippen molar-refractivity contribution >= 4 is 27.3 Å². The molecule has 1 saturated heterocycles. The summed E-state index contributed by atoms with van der Waals surface area (Å²) in [5.41, 5.74) is 1.59. The molecule has 0 radical (unpaired) electrons. The van der Waals surface area contributed by atoms with E-state index in [2.05, 4.69) is 15.6 Å². The van der Waals surface area contributed by atoms with Gasteiger partial charge in [0.15, 0.2) is 5.69 Å². The van der Waals surface area contributed by atoms with Crippen molar-refractivity contribution < 1.29 is 18.1 Å². The Morgan fingerprint density at radius 3 is 2.53 bits per heavy atom. The average Bonchev–Trinajstić information content (AvgIpc) is 3.22. The first-order valence-corrected chi connectivity index (χ1v) is 12.2. The molecule has 0 saturated carbocycles. The van der Waals surface area contributed by atoms with E-state index in [1.807, 2.05) is 0 Å². The molecule has 178 valence electrons. The van der Waals surface area contributed by atoms with Gasteiger partial charge in [0.2, 0.25) is 10.0 Å². The molecule has 1 aromatic heterocycles. The van der Waals surface area contributed by atoms with Crippen molar-refractivity contribution in [2.45, 2.75) is 38.0 Å². The summed E-state index contributed by atoms with van der Waals surface area (Å²) in [5, 5.41) is 21.6. The summed E-state index contributed by atoms with van der Waals surface area (Å²) in [5.74, 6) is -0.570. The van der Waals surface area contributed by atoms with Gasteiger partial charge in [-0.3, -0.25) is 14.9 Å². The minimum absolute atomic E-state index is 0.0209. The molecular formula is C22H24N6O5S. The van der Waals surface area contributed by atoms with Crippen LogP contribution in [-0.4, -0.2) is 51.6 Å². The number of aromatic nitrogens is 3. The monoisotopic (exact) mass is 484 g/mol. The van der Waals surface area contributed by atoms with E-state index in [1.165, 1.54) is 33.3 Å². The number of rotatable bonds is 6. The van der Waals surface area contributed by atoms with E-state index in [4.69, 9.17) is 0 Å². The number of nitro benzene ring substituents is 1. The maximum atomic E-state index is 13.1. The number of aryl methyl sites for hydroxylation is 1. The van der Waals surface area contributed by atoms with Crippen LogP contribution in [0.1, 0.15) is 41.0 Å². The van der Waals surface area contributed by atoms with Gasteiger partial charge in [0, 0.05) is 30.9 Å². The minimum atomic E-state index is -3.67. The molecule has 0 unspecified atom stereocenters. The van der Waals surface area contributed by atoms with E-state index >= 15 is 0 Å². The Kier molecular flexibility index (Phi) is 6.44. The third kappa shape index (κ3) is 4.54. The molecule has 1 aliphatic rings. The Labute approximate surface area is 196 Å². The number of non-ortho nitro benzene ring substituents is 1. The zero-order chi connectivity index (χ0) is 24.5. The maximum Gasteiger partial charge on any atom is 0.278 e. The zero-order valence-corrected chi connectivity index (χ0v) is 19.6. The number of anilines is 1. The molecule has 0 bridgehead atoms. The van der Waals surface area contributed by atoms with Crippen molar-refractivity contribution in [3.63, 3.8) is 0 Å². The Bertz CT molecular complexity index is 1360. The minimum Gasteiger partial charge on any atom is -0.320 e. The lowest BCUT2D eigenvalue weighted by Gasteiger charge is -2.26. The number of carbonyl (C=O) groups excluding carboxylic acids is 1. The number of amides is 1. The van der Waals surface area contributed by atoms with E-state index in [9.17, 15) is 23.3 Å². The van der Waals surface area contributed by atoms with E-state index in [-0.39, 0.29) is 16.3 Å². The third-order valence-electron chi connectivity index (χ3n) is 5.77. The van der Waals surface area contributed by atoms with Gasteiger partial charge in [-0.25, -0.2) is 13.1 Å². The summed E-state index contributed by atoms with van der Waals surface area (Å²) in [6.45, 7) is 4.31. The largest absolute Gasteiger partial charge is 0.320 e. The van der Waals surface area contributed by atoms with E-state index in [0.29, 0.717) is 35.7 Å². The number of hydrogen-bond donors (Lipinski definition) is 1. The molecule has 0 atom stereocenters. The molecule has 4 rings (SSSR count). The number of carbonyl (C=O) groups is 1. The van der Waals surface area contributed by atoms with E-state index < -0.39 is 20.9 Å². The highest BCUT2D eigenvalue weighted by Crippen LogP contribution is 2.26. The Balaban J connectivity index is 1.59. The first kappa shape index (κ1) is 23.5. The number of nitrogens with one attached hydrogen (secondary N) is 1. The normalized spacial score (nSPS) is 14.6. The molecule has 1 amide bonds. The molecule has 0 spiro atoms. The van der Waals surface area contributed by atoms with Crippen molar-refractivity contribution in [1.29, 1.82) is 0 Å². The number of hydrogen-bond acceptors (Lipinski definition) is 7. The second-order valence-electron chi connectivity index (χ2n) is 8.11. The number of nitro groups is 1. The van der Waals surface area contributed by atoms with Gasteiger partial charge < -0.3 is 5.32 Å². The standard InChI is InChI=1S/C22H24N6O5S/c1-15-9-10-17(13-20(15)34(32,33)26-11-4-3-5-12-26)23-22(29)21-16(2)27(25-24-21)18-7-6-8-19(14-18)28(30)31/h6-10,13-14H,3-5,11-12H2,1-2H3,(H,23,29). The first-order chi connectivity index (χ1) is 16.2. The zero-order valence-electron chi connectivity index (χ0n) is 18.8. The van der Waals surface area contributed by atoms with Crippen molar-refractivity contribution in [2.24, 2.45) is 0 Å². The lowest BCUT2D eigenvalue weighted by molar-refractivity contribution is -0.384. The van der Waals surface area contributed by atoms with Crippen LogP contribution in [0.25, 0.3) is 5.69 Å². The van der Waals surface area contributed by atoms with Crippen molar-refractivity contribution in [2.75, 3.05) is 18.4 Å². The van der Waals surface area contributed by atoms with Gasteiger partial charge in [0.05, 0.1) is 21.2 Å². The molecular weight excluding hydrogens is 460 g/mol. The lowest BCUT2D eigenvalue weighted by Crippen LogP contribution is -2.36.